The summed E-state index contributed by atoms with van der Waals surface area (Å²) < 4.78 is 5.68. The van der Waals surface area contributed by atoms with Crippen molar-refractivity contribution in [2.24, 2.45) is 5.73 Å². The Kier molecular flexibility index (Phi) is 4.69. The van der Waals surface area contributed by atoms with Crippen molar-refractivity contribution >= 4 is 23.2 Å². The second kappa shape index (κ2) is 6.05. The summed E-state index contributed by atoms with van der Waals surface area (Å²) >= 11 is 11.9. The fourth-order valence-electron chi connectivity index (χ4n) is 2.17. The van der Waals surface area contributed by atoms with Gasteiger partial charge in [0.2, 0.25) is 0 Å². The van der Waals surface area contributed by atoms with Gasteiger partial charge in [0.25, 0.3) is 0 Å². The topological polar surface area (TPSA) is 35.2 Å². The quantitative estimate of drug-likeness (QED) is 0.916. The van der Waals surface area contributed by atoms with Crippen LogP contribution in [0.3, 0.4) is 0 Å². The van der Waals surface area contributed by atoms with E-state index in [1.165, 1.54) is 6.42 Å². The van der Waals surface area contributed by atoms with E-state index in [-0.39, 0.29) is 12.1 Å². The molecule has 1 heterocycles. The third-order valence-corrected chi connectivity index (χ3v) is 3.89. The second-order valence-corrected chi connectivity index (χ2v) is 5.34. The Bertz CT molecular complexity index is 378. The van der Waals surface area contributed by atoms with Crippen LogP contribution < -0.4 is 5.73 Å². The van der Waals surface area contributed by atoms with Gasteiger partial charge in [-0.2, -0.15) is 0 Å². The summed E-state index contributed by atoms with van der Waals surface area (Å²) in [5.74, 6) is 0. The predicted octanol–water partition coefficient (Wildman–Crippen LogP) is 3.43. The Morgan fingerprint density at radius 2 is 2.12 bits per heavy atom. The van der Waals surface area contributed by atoms with Crippen LogP contribution >= 0.6 is 23.2 Å². The first-order chi connectivity index (χ1) is 8.16. The molecule has 2 atom stereocenters. The summed E-state index contributed by atoms with van der Waals surface area (Å²) in [5, 5.41) is 1.17. The lowest BCUT2D eigenvalue weighted by Gasteiger charge is -2.28. The Morgan fingerprint density at radius 3 is 2.76 bits per heavy atom. The van der Waals surface area contributed by atoms with Crippen LogP contribution in [0.4, 0.5) is 0 Å². The molecule has 2 rings (SSSR count). The van der Waals surface area contributed by atoms with Crippen LogP contribution in [0, 0.1) is 0 Å². The average molecular weight is 274 g/mol. The lowest BCUT2D eigenvalue weighted by molar-refractivity contribution is 0.000636. The number of rotatable bonds is 3. The Hall–Kier alpha value is -0.280. The molecule has 1 saturated heterocycles. The molecule has 2 unspecified atom stereocenters. The maximum absolute atomic E-state index is 6.17. The zero-order valence-corrected chi connectivity index (χ0v) is 11.2. The number of hydrogen-bond acceptors (Lipinski definition) is 2. The van der Waals surface area contributed by atoms with E-state index in [9.17, 15) is 0 Å². The van der Waals surface area contributed by atoms with Gasteiger partial charge in [-0.05, 0) is 43.4 Å². The molecular formula is C13H17Cl2NO. The van der Waals surface area contributed by atoms with Crippen LogP contribution in [0.1, 0.15) is 24.8 Å². The van der Waals surface area contributed by atoms with Crippen LogP contribution in [0.15, 0.2) is 18.2 Å². The van der Waals surface area contributed by atoms with Gasteiger partial charge in [0, 0.05) is 12.6 Å². The summed E-state index contributed by atoms with van der Waals surface area (Å²) in [6, 6.07) is 5.70. The van der Waals surface area contributed by atoms with E-state index < -0.39 is 0 Å². The van der Waals surface area contributed by atoms with Gasteiger partial charge in [0.05, 0.1) is 16.1 Å². The smallest absolute Gasteiger partial charge is 0.0729 e. The number of benzene rings is 1. The van der Waals surface area contributed by atoms with E-state index in [1.807, 2.05) is 18.2 Å². The number of nitrogens with two attached hydrogens (primary N) is 1. The highest BCUT2D eigenvalue weighted by molar-refractivity contribution is 6.42. The van der Waals surface area contributed by atoms with Crippen molar-refractivity contribution in [2.75, 3.05) is 6.61 Å². The normalized spacial score (nSPS) is 22.4. The second-order valence-electron chi connectivity index (χ2n) is 4.52. The Morgan fingerprint density at radius 1 is 1.29 bits per heavy atom. The van der Waals surface area contributed by atoms with Gasteiger partial charge in [-0.1, -0.05) is 29.3 Å². The van der Waals surface area contributed by atoms with Crippen molar-refractivity contribution < 1.29 is 4.74 Å². The molecule has 4 heteroatoms. The van der Waals surface area contributed by atoms with E-state index in [1.54, 1.807) is 0 Å². The SMILES string of the molecule is NC(Cc1ccc(Cl)c(Cl)c1)C1CCCCO1. The molecule has 1 aromatic rings. The molecule has 0 aliphatic carbocycles. The molecule has 2 nitrogen and oxygen atoms in total. The van der Waals surface area contributed by atoms with Crippen LogP contribution in [0.25, 0.3) is 0 Å². The van der Waals surface area contributed by atoms with Gasteiger partial charge < -0.3 is 10.5 Å². The summed E-state index contributed by atoms with van der Waals surface area (Å²) in [6.45, 7) is 0.833. The number of halogens is 2. The molecular weight excluding hydrogens is 257 g/mol. The predicted molar refractivity (Wildman–Crippen MR) is 71.7 cm³/mol. The fraction of sp³-hybridized carbons (Fsp3) is 0.538. The van der Waals surface area contributed by atoms with Crippen LogP contribution in [-0.2, 0) is 11.2 Å². The standard InChI is InChI=1S/C13H17Cl2NO/c14-10-5-4-9(7-11(10)15)8-12(16)13-3-1-2-6-17-13/h4-5,7,12-13H,1-3,6,8,16H2. The number of hydrogen-bond donors (Lipinski definition) is 1. The Balaban J connectivity index is 1.96. The molecule has 2 N–H and O–H groups in total. The van der Waals surface area contributed by atoms with E-state index in [0.29, 0.717) is 10.0 Å². The molecule has 0 amide bonds. The van der Waals surface area contributed by atoms with Gasteiger partial charge >= 0.3 is 0 Å². The van der Waals surface area contributed by atoms with E-state index >= 15 is 0 Å². The first-order valence-corrected chi connectivity index (χ1v) is 6.73. The summed E-state index contributed by atoms with van der Waals surface area (Å²) in [4.78, 5) is 0. The summed E-state index contributed by atoms with van der Waals surface area (Å²) in [5.41, 5.74) is 7.28. The van der Waals surface area contributed by atoms with Crippen molar-refractivity contribution in [3.63, 3.8) is 0 Å². The molecule has 0 aromatic heterocycles. The van der Waals surface area contributed by atoms with Gasteiger partial charge in [-0.25, -0.2) is 0 Å². The molecule has 1 aromatic carbocycles. The number of ether oxygens (including phenoxy) is 1. The molecule has 0 spiro atoms. The molecule has 17 heavy (non-hydrogen) atoms. The van der Waals surface area contributed by atoms with Crippen molar-refractivity contribution in [2.45, 2.75) is 37.8 Å². The molecule has 1 fully saturated rings. The third kappa shape index (κ3) is 3.59. The highest BCUT2D eigenvalue weighted by Gasteiger charge is 2.21. The summed E-state index contributed by atoms with van der Waals surface area (Å²) in [7, 11) is 0. The van der Waals surface area contributed by atoms with Crippen molar-refractivity contribution in [1.82, 2.24) is 0 Å². The van der Waals surface area contributed by atoms with E-state index in [4.69, 9.17) is 33.7 Å². The third-order valence-electron chi connectivity index (χ3n) is 3.15. The van der Waals surface area contributed by atoms with Crippen molar-refractivity contribution in [1.29, 1.82) is 0 Å². The zero-order chi connectivity index (χ0) is 12.3. The van der Waals surface area contributed by atoms with Gasteiger partial charge in [-0.3, -0.25) is 0 Å². The maximum Gasteiger partial charge on any atom is 0.0729 e. The van der Waals surface area contributed by atoms with Crippen LogP contribution in [0.2, 0.25) is 10.0 Å². The molecule has 1 aliphatic rings. The van der Waals surface area contributed by atoms with E-state index in [0.717, 1.165) is 31.4 Å². The zero-order valence-electron chi connectivity index (χ0n) is 9.66. The largest absolute Gasteiger partial charge is 0.377 e. The monoisotopic (exact) mass is 273 g/mol. The minimum absolute atomic E-state index is 0.0348. The van der Waals surface area contributed by atoms with Crippen LogP contribution in [0.5, 0.6) is 0 Å². The van der Waals surface area contributed by atoms with Gasteiger partial charge in [0.15, 0.2) is 0 Å². The molecule has 0 bridgehead atoms. The first kappa shape index (κ1) is 13.2. The van der Waals surface area contributed by atoms with Crippen molar-refractivity contribution in [3.8, 4) is 0 Å². The first-order valence-electron chi connectivity index (χ1n) is 5.98. The maximum atomic E-state index is 6.17. The molecule has 94 valence electrons. The molecule has 0 radical (unpaired) electrons. The minimum atomic E-state index is 0.0348. The Labute approximate surface area is 112 Å². The lowest BCUT2D eigenvalue weighted by atomic mass is 9.97. The highest BCUT2D eigenvalue weighted by atomic mass is 35.5. The fourth-order valence-corrected chi connectivity index (χ4v) is 2.49. The lowest BCUT2D eigenvalue weighted by Crippen LogP contribution is -2.40. The molecule has 1 aliphatic heterocycles. The average Bonchev–Trinajstić information content (AvgIpc) is 2.35. The van der Waals surface area contributed by atoms with Crippen molar-refractivity contribution in [3.05, 3.63) is 33.8 Å². The molecule has 0 saturated carbocycles. The van der Waals surface area contributed by atoms with Crippen LogP contribution in [-0.4, -0.2) is 18.8 Å². The minimum Gasteiger partial charge on any atom is -0.377 e. The van der Waals surface area contributed by atoms with Gasteiger partial charge in [0.1, 0.15) is 0 Å². The summed E-state index contributed by atoms with van der Waals surface area (Å²) in [6.07, 6.45) is 4.37. The van der Waals surface area contributed by atoms with Gasteiger partial charge in [-0.15, -0.1) is 0 Å². The highest BCUT2D eigenvalue weighted by Crippen LogP contribution is 2.24. The van der Waals surface area contributed by atoms with E-state index in [2.05, 4.69) is 0 Å².